The number of thiophene rings is 1. The third kappa shape index (κ3) is 1.62. The molecular formula is C9H8ClNOS. The lowest BCUT2D eigenvalue weighted by molar-refractivity contribution is 0.344. The highest BCUT2D eigenvalue weighted by Crippen LogP contribution is 2.31. The van der Waals surface area contributed by atoms with Gasteiger partial charge in [0, 0.05) is 6.07 Å². The summed E-state index contributed by atoms with van der Waals surface area (Å²) in [6.07, 6.45) is 0. The predicted octanol–water partition coefficient (Wildman–Crippen LogP) is 3.35. The number of hydrogen-bond acceptors (Lipinski definition) is 3. The molecule has 4 heteroatoms. The van der Waals surface area contributed by atoms with Crippen LogP contribution in [-0.4, -0.2) is 11.6 Å². The molecule has 0 unspecified atom stereocenters. The molecule has 0 aliphatic rings. The second kappa shape index (κ2) is 3.52. The van der Waals surface area contributed by atoms with Crippen LogP contribution in [0.25, 0.3) is 10.2 Å². The van der Waals surface area contributed by atoms with Gasteiger partial charge in [-0.1, -0.05) is 11.6 Å². The van der Waals surface area contributed by atoms with Gasteiger partial charge in [0.15, 0.2) is 0 Å². The van der Waals surface area contributed by atoms with Crippen molar-refractivity contribution < 1.29 is 4.74 Å². The summed E-state index contributed by atoms with van der Waals surface area (Å²) >= 11 is 7.45. The van der Waals surface area contributed by atoms with E-state index in [4.69, 9.17) is 16.3 Å². The summed E-state index contributed by atoms with van der Waals surface area (Å²) < 4.78 is 6.51. The van der Waals surface area contributed by atoms with Gasteiger partial charge in [0.05, 0.1) is 16.8 Å². The van der Waals surface area contributed by atoms with Crippen molar-refractivity contribution >= 4 is 33.2 Å². The van der Waals surface area contributed by atoms with Crippen molar-refractivity contribution in [3.8, 4) is 5.75 Å². The molecule has 2 aromatic heterocycles. The molecule has 0 amide bonds. The first-order valence-corrected chi connectivity index (χ1v) is 5.23. The second-order valence-electron chi connectivity index (χ2n) is 2.51. The van der Waals surface area contributed by atoms with E-state index in [1.807, 2.05) is 18.4 Å². The van der Waals surface area contributed by atoms with Crippen LogP contribution >= 0.6 is 22.9 Å². The molecule has 2 rings (SSSR count). The van der Waals surface area contributed by atoms with Crippen molar-refractivity contribution in [2.45, 2.75) is 6.92 Å². The maximum atomic E-state index is 5.83. The summed E-state index contributed by atoms with van der Waals surface area (Å²) in [5.41, 5.74) is 0.904. The average molecular weight is 214 g/mol. The highest BCUT2D eigenvalue weighted by atomic mass is 35.5. The molecule has 0 radical (unpaired) electrons. The average Bonchev–Trinajstić information content (AvgIpc) is 2.52. The third-order valence-electron chi connectivity index (χ3n) is 1.65. The van der Waals surface area contributed by atoms with Gasteiger partial charge in [0.1, 0.15) is 10.9 Å². The van der Waals surface area contributed by atoms with Crippen LogP contribution in [-0.2, 0) is 0 Å². The van der Waals surface area contributed by atoms with Gasteiger partial charge in [0.2, 0.25) is 0 Å². The van der Waals surface area contributed by atoms with Gasteiger partial charge in [-0.15, -0.1) is 11.3 Å². The fourth-order valence-corrected chi connectivity index (χ4v) is 2.15. The maximum Gasteiger partial charge on any atom is 0.141 e. The summed E-state index contributed by atoms with van der Waals surface area (Å²) in [7, 11) is 0. The molecule has 2 aromatic rings. The molecule has 0 saturated carbocycles. The van der Waals surface area contributed by atoms with E-state index < -0.39 is 0 Å². The number of nitrogens with zero attached hydrogens (tertiary/aromatic N) is 1. The Morgan fingerprint density at radius 3 is 3.23 bits per heavy atom. The van der Waals surface area contributed by atoms with E-state index in [0.29, 0.717) is 11.8 Å². The van der Waals surface area contributed by atoms with Crippen LogP contribution < -0.4 is 4.74 Å². The van der Waals surface area contributed by atoms with Crippen molar-refractivity contribution in [1.82, 2.24) is 4.98 Å². The number of rotatable bonds is 2. The van der Waals surface area contributed by atoms with E-state index in [9.17, 15) is 0 Å². The Balaban J connectivity index is 2.63. The van der Waals surface area contributed by atoms with E-state index in [2.05, 4.69) is 4.98 Å². The van der Waals surface area contributed by atoms with Gasteiger partial charge in [-0.05, 0) is 18.4 Å². The molecule has 0 aliphatic carbocycles. The van der Waals surface area contributed by atoms with E-state index in [1.165, 1.54) is 0 Å². The zero-order chi connectivity index (χ0) is 9.26. The lowest BCUT2D eigenvalue weighted by atomic mass is 10.4. The summed E-state index contributed by atoms with van der Waals surface area (Å²) in [6, 6.07) is 3.69. The summed E-state index contributed by atoms with van der Waals surface area (Å²) in [5.74, 6) is 0.826. The Labute approximate surface area is 85.1 Å². The highest BCUT2D eigenvalue weighted by Gasteiger charge is 2.06. The quantitative estimate of drug-likeness (QED) is 0.714. The first-order chi connectivity index (χ1) is 6.31. The number of ether oxygens (including phenoxy) is 1. The van der Waals surface area contributed by atoms with Crippen molar-refractivity contribution in [2.75, 3.05) is 6.61 Å². The minimum atomic E-state index is 0.481. The highest BCUT2D eigenvalue weighted by molar-refractivity contribution is 7.17. The molecule has 0 fully saturated rings. The van der Waals surface area contributed by atoms with Gasteiger partial charge in [-0.3, -0.25) is 0 Å². The predicted molar refractivity (Wildman–Crippen MR) is 55.8 cm³/mol. The molecule has 2 nitrogen and oxygen atoms in total. The first-order valence-electron chi connectivity index (χ1n) is 3.98. The Morgan fingerprint density at radius 2 is 2.46 bits per heavy atom. The summed E-state index contributed by atoms with van der Waals surface area (Å²) in [5, 5.41) is 2.46. The SMILES string of the molecule is CCOc1cc(Cl)nc2ccsc12. The van der Waals surface area contributed by atoms with Gasteiger partial charge < -0.3 is 4.74 Å². The van der Waals surface area contributed by atoms with Crippen molar-refractivity contribution in [3.05, 3.63) is 22.7 Å². The standard InChI is InChI=1S/C9H8ClNOS/c1-2-12-7-5-8(10)11-6-3-4-13-9(6)7/h3-5H,2H2,1H3. The number of pyridine rings is 1. The molecule has 13 heavy (non-hydrogen) atoms. The van der Waals surface area contributed by atoms with E-state index in [-0.39, 0.29) is 0 Å². The largest absolute Gasteiger partial charge is 0.492 e. The monoisotopic (exact) mass is 213 g/mol. The van der Waals surface area contributed by atoms with Crippen LogP contribution in [0.1, 0.15) is 6.92 Å². The smallest absolute Gasteiger partial charge is 0.141 e. The molecule has 0 bridgehead atoms. The fourth-order valence-electron chi connectivity index (χ4n) is 1.16. The maximum absolute atomic E-state index is 5.83. The minimum absolute atomic E-state index is 0.481. The van der Waals surface area contributed by atoms with Crippen molar-refractivity contribution in [2.24, 2.45) is 0 Å². The van der Waals surface area contributed by atoms with E-state index >= 15 is 0 Å². The molecule has 0 atom stereocenters. The van der Waals surface area contributed by atoms with Crippen molar-refractivity contribution in [1.29, 1.82) is 0 Å². The Hall–Kier alpha value is -0.800. The molecule has 2 heterocycles. The van der Waals surface area contributed by atoms with Gasteiger partial charge >= 0.3 is 0 Å². The molecule has 68 valence electrons. The van der Waals surface area contributed by atoms with Crippen LogP contribution in [0.3, 0.4) is 0 Å². The number of aromatic nitrogens is 1. The molecular weight excluding hydrogens is 206 g/mol. The lowest BCUT2D eigenvalue weighted by Crippen LogP contribution is -1.92. The third-order valence-corrected chi connectivity index (χ3v) is 2.76. The normalized spacial score (nSPS) is 10.6. The van der Waals surface area contributed by atoms with E-state index in [1.54, 1.807) is 17.4 Å². The van der Waals surface area contributed by atoms with Crippen LogP contribution in [0.4, 0.5) is 0 Å². The Kier molecular flexibility index (Phi) is 2.38. The zero-order valence-corrected chi connectivity index (χ0v) is 8.65. The van der Waals surface area contributed by atoms with Crippen LogP contribution in [0.2, 0.25) is 5.15 Å². The number of hydrogen-bond donors (Lipinski definition) is 0. The number of halogens is 1. The molecule has 0 aliphatic heterocycles. The zero-order valence-electron chi connectivity index (χ0n) is 7.08. The fraction of sp³-hybridized carbons (Fsp3) is 0.222. The summed E-state index contributed by atoms with van der Waals surface area (Å²) in [6.45, 7) is 2.60. The molecule has 0 N–H and O–H groups in total. The molecule has 0 saturated heterocycles. The van der Waals surface area contributed by atoms with Crippen LogP contribution in [0.5, 0.6) is 5.75 Å². The van der Waals surface area contributed by atoms with Crippen LogP contribution in [0, 0.1) is 0 Å². The Bertz CT molecular complexity index is 426. The lowest BCUT2D eigenvalue weighted by Gasteiger charge is -2.03. The Morgan fingerprint density at radius 1 is 1.62 bits per heavy atom. The first kappa shape index (κ1) is 8.78. The molecule has 0 aromatic carbocycles. The summed E-state index contributed by atoms with van der Waals surface area (Å²) in [4.78, 5) is 4.17. The van der Waals surface area contributed by atoms with Crippen molar-refractivity contribution in [3.63, 3.8) is 0 Å². The molecule has 0 spiro atoms. The number of fused-ring (bicyclic) bond motifs is 1. The van der Waals surface area contributed by atoms with E-state index in [0.717, 1.165) is 16.0 Å². The van der Waals surface area contributed by atoms with Gasteiger partial charge in [-0.2, -0.15) is 0 Å². The minimum Gasteiger partial charge on any atom is -0.492 e. The second-order valence-corrected chi connectivity index (χ2v) is 3.81. The van der Waals surface area contributed by atoms with Gasteiger partial charge in [0.25, 0.3) is 0 Å². The topological polar surface area (TPSA) is 22.1 Å². The van der Waals surface area contributed by atoms with Crippen LogP contribution in [0.15, 0.2) is 17.5 Å². The van der Waals surface area contributed by atoms with Gasteiger partial charge in [-0.25, -0.2) is 4.98 Å².